The highest BCUT2D eigenvalue weighted by Gasteiger charge is 2.31. The van der Waals surface area contributed by atoms with Crippen LogP contribution < -0.4 is 5.32 Å². The molecule has 25 heavy (non-hydrogen) atoms. The summed E-state index contributed by atoms with van der Waals surface area (Å²) in [6.07, 6.45) is 0.0531. The van der Waals surface area contributed by atoms with Gasteiger partial charge in [-0.25, -0.2) is 8.78 Å². The number of benzene rings is 2. The van der Waals surface area contributed by atoms with Gasteiger partial charge in [-0.3, -0.25) is 4.79 Å². The van der Waals surface area contributed by atoms with E-state index in [1.807, 2.05) is 30.3 Å². The smallest absolute Gasteiger partial charge is 0.269 e. The van der Waals surface area contributed by atoms with Gasteiger partial charge in [0.1, 0.15) is 5.71 Å². The van der Waals surface area contributed by atoms with Crippen LogP contribution in [0, 0.1) is 11.6 Å². The molecule has 1 aliphatic heterocycles. The van der Waals surface area contributed by atoms with E-state index < -0.39 is 23.1 Å². The van der Waals surface area contributed by atoms with Gasteiger partial charge in [0.15, 0.2) is 17.7 Å². The van der Waals surface area contributed by atoms with E-state index in [9.17, 15) is 13.6 Å². The van der Waals surface area contributed by atoms with Crippen LogP contribution in [0.25, 0.3) is 0 Å². The summed E-state index contributed by atoms with van der Waals surface area (Å²) >= 11 is 0. The average molecular weight is 344 g/mol. The molecule has 0 radical (unpaired) electrons. The summed E-state index contributed by atoms with van der Waals surface area (Å²) < 4.78 is 26.6. The molecule has 2 aromatic carbocycles. The molecule has 0 aliphatic carbocycles. The second kappa shape index (κ2) is 6.63. The van der Waals surface area contributed by atoms with Crippen LogP contribution in [0.3, 0.4) is 0 Å². The van der Waals surface area contributed by atoms with Crippen molar-refractivity contribution in [3.8, 4) is 0 Å². The molecular weight excluding hydrogens is 326 g/mol. The summed E-state index contributed by atoms with van der Waals surface area (Å²) in [5.74, 6) is -2.27. The fourth-order valence-corrected chi connectivity index (χ4v) is 2.67. The molecule has 3 rings (SSSR count). The van der Waals surface area contributed by atoms with E-state index in [4.69, 9.17) is 4.84 Å². The van der Waals surface area contributed by atoms with Crippen LogP contribution >= 0.6 is 0 Å². The SMILES string of the molecule is CC(C)(NC(=O)C1=NO[C@@H](c2ccccc2)C1)c1ccc(F)c(F)c1. The van der Waals surface area contributed by atoms with Gasteiger partial charge in [-0.05, 0) is 37.1 Å². The summed E-state index contributed by atoms with van der Waals surface area (Å²) in [5, 5.41) is 6.67. The van der Waals surface area contributed by atoms with Gasteiger partial charge in [-0.15, -0.1) is 0 Å². The summed E-state index contributed by atoms with van der Waals surface area (Å²) in [4.78, 5) is 17.8. The molecule has 4 nitrogen and oxygen atoms in total. The molecule has 6 heteroatoms. The molecule has 1 N–H and O–H groups in total. The van der Waals surface area contributed by atoms with Crippen molar-refractivity contribution in [3.63, 3.8) is 0 Å². The molecule has 1 heterocycles. The largest absolute Gasteiger partial charge is 0.387 e. The lowest BCUT2D eigenvalue weighted by Crippen LogP contribution is -2.44. The third-order valence-electron chi connectivity index (χ3n) is 4.17. The van der Waals surface area contributed by atoms with Crippen LogP contribution in [0.2, 0.25) is 0 Å². The summed E-state index contributed by atoms with van der Waals surface area (Å²) in [6, 6.07) is 13.1. The predicted molar refractivity (Wildman–Crippen MR) is 89.8 cm³/mol. The van der Waals surface area contributed by atoms with Crippen molar-refractivity contribution in [2.24, 2.45) is 5.16 Å². The number of halogens is 2. The van der Waals surface area contributed by atoms with Crippen LogP contribution in [0.1, 0.15) is 37.5 Å². The average Bonchev–Trinajstić information content (AvgIpc) is 3.08. The lowest BCUT2D eigenvalue weighted by Gasteiger charge is -2.26. The van der Waals surface area contributed by atoms with Gasteiger partial charge in [0, 0.05) is 6.42 Å². The fraction of sp³-hybridized carbons (Fsp3) is 0.263. The molecule has 1 atom stereocenters. The Morgan fingerprint density at radius 3 is 2.56 bits per heavy atom. The first-order valence-corrected chi connectivity index (χ1v) is 7.92. The van der Waals surface area contributed by atoms with E-state index in [2.05, 4.69) is 10.5 Å². The molecule has 0 saturated heterocycles. The number of rotatable bonds is 4. The summed E-state index contributed by atoms with van der Waals surface area (Å²) in [5.41, 5.74) is 0.774. The first kappa shape index (κ1) is 17.1. The number of amides is 1. The van der Waals surface area contributed by atoms with E-state index >= 15 is 0 Å². The van der Waals surface area contributed by atoms with Crippen molar-refractivity contribution < 1.29 is 18.4 Å². The third kappa shape index (κ3) is 3.68. The maximum atomic E-state index is 13.5. The highest BCUT2D eigenvalue weighted by molar-refractivity contribution is 6.39. The number of nitrogens with zero attached hydrogens (tertiary/aromatic N) is 1. The molecule has 0 bridgehead atoms. The first-order chi connectivity index (χ1) is 11.9. The highest BCUT2D eigenvalue weighted by atomic mass is 19.2. The van der Waals surface area contributed by atoms with Gasteiger partial charge in [0.2, 0.25) is 0 Å². The Balaban J connectivity index is 1.68. The zero-order chi connectivity index (χ0) is 18.0. The second-order valence-electron chi connectivity index (χ2n) is 6.45. The molecule has 0 spiro atoms. The minimum Gasteiger partial charge on any atom is -0.387 e. The number of hydrogen-bond donors (Lipinski definition) is 1. The van der Waals surface area contributed by atoms with E-state index in [1.54, 1.807) is 13.8 Å². The second-order valence-corrected chi connectivity index (χ2v) is 6.45. The van der Waals surface area contributed by atoms with Crippen molar-refractivity contribution in [2.45, 2.75) is 31.9 Å². The number of carbonyl (C=O) groups excluding carboxylic acids is 1. The number of nitrogens with one attached hydrogen (secondary N) is 1. The maximum Gasteiger partial charge on any atom is 0.269 e. The van der Waals surface area contributed by atoms with E-state index in [0.717, 1.165) is 17.7 Å². The minimum absolute atomic E-state index is 0.268. The Labute approximate surface area is 144 Å². The molecule has 0 aromatic heterocycles. The molecule has 0 unspecified atom stereocenters. The molecule has 1 amide bonds. The van der Waals surface area contributed by atoms with Crippen LogP contribution in [0.5, 0.6) is 0 Å². The van der Waals surface area contributed by atoms with Crippen molar-refractivity contribution >= 4 is 11.6 Å². The number of oxime groups is 1. The Kier molecular flexibility index (Phi) is 4.53. The summed E-state index contributed by atoms with van der Waals surface area (Å²) in [6.45, 7) is 3.42. The monoisotopic (exact) mass is 344 g/mol. The zero-order valence-corrected chi connectivity index (χ0v) is 13.9. The number of carbonyl (C=O) groups is 1. The number of hydrogen-bond acceptors (Lipinski definition) is 3. The molecule has 2 aromatic rings. The van der Waals surface area contributed by atoms with Crippen LogP contribution in [0.15, 0.2) is 53.7 Å². The van der Waals surface area contributed by atoms with Gasteiger partial charge in [-0.2, -0.15) is 0 Å². The van der Waals surface area contributed by atoms with Gasteiger partial charge < -0.3 is 10.2 Å². The van der Waals surface area contributed by atoms with E-state index in [-0.39, 0.29) is 11.8 Å². The standard InChI is InChI=1S/C19H18F2N2O2/c1-19(2,13-8-9-14(20)15(21)10-13)22-18(24)16-11-17(25-23-16)12-6-4-3-5-7-12/h3-10,17H,11H2,1-2H3,(H,22,24)/t17-/m1/s1. The van der Waals surface area contributed by atoms with Crippen molar-refractivity contribution in [1.82, 2.24) is 5.32 Å². The normalized spacial score (nSPS) is 17.0. The van der Waals surface area contributed by atoms with Crippen LogP contribution in [-0.2, 0) is 15.2 Å². The molecule has 0 fully saturated rings. The Morgan fingerprint density at radius 2 is 1.88 bits per heavy atom. The lowest BCUT2D eigenvalue weighted by atomic mass is 9.93. The maximum absolute atomic E-state index is 13.5. The zero-order valence-electron chi connectivity index (χ0n) is 13.9. The first-order valence-electron chi connectivity index (χ1n) is 7.92. The predicted octanol–water partition coefficient (Wildman–Crippen LogP) is 3.83. The molecular formula is C19H18F2N2O2. The van der Waals surface area contributed by atoms with Crippen molar-refractivity contribution in [1.29, 1.82) is 0 Å². The Hall–Kier alpha value is -2.76. The van der Waals surface area contributed by atoms with E-state index in [0.29, 0.717) is 12.0 Å². The van der Waals surface area contributed by atoms with E-state index in [1.165, 1.54) is 6.07 Å². The molecule has 130 valence electrons. The lowest BCUT2D eigenvalue weighted by molar-refractivity contribution is -0.116. The van der Waals surface area contributed by atoms with Gasteiger partial charge in [-0.1, -0.05) is 41.6 Å². The van der Waals surface area contributed by atoms with Gasteiger partial charge in [0.25, 0.3) is 5.91 Å². The van der Waals surface area contributed by atoms with Gasteiger partial charge in [0.05, 0.1) is 5.54 Å². The fourth-order valence-electron chi connectivity index (χ4n) is 2.67. The van der Waals surface area contributed by atoms with Crippen molar-refractivity contribution in [3.05, 3.63) is 71.3 Å². The highest BCUT2D eigenvalue weighted by Crippen LogP contribution is 2.28. The quantitative estimate of drug-likeness (QED) is 0.916. The third-order valence-corrected chi connectivity index (χ3v) is 4.17. The Bertz CT molecular complexity index is 819. The van der Waals surface area contributed by atoms with Crippen LogP contribution in [-0.4, -0.2) is 11.6 Å². The minimum atomic E-state index is -0.953. The topological polar surface area (TPSA) is 50.7 Å². The summed E-state index contributed by atoms with van der Waals surface area (Å²) in [7, 11) is 0. The Morgan fingerprint density at radius 1 is 1.16 bits per heavy atom. The molecule has 0 saturated carbocycles. The van der Waals surface area contributed by atoms with Crippen LogP contribution in [0.4, 0.5) is 8.78 Å². The van der Waals surface area contributed by atoms with Gasteiger partial charge >= 0.3 is 0 Å². The van der Waals surface area contributed by atoms with Crippen molar-refractivity contribution in [2.75, 3.05) is 0 Å². The molecule has 1 aliphatic rings.